The molecule has 1 saturated carbocycles. The molecule has 0 bridgehead atoms. The van der Waals surface area contributed by atoms with Crippen LogP contribution in [0.4, 0.5) is 4.79 Å². The molecule has 32 heavy (non-hydrogen) atoms. The zero-order valence-electron chi connectivity index (χ0n) is 17.9. The Bertz CT molecular complexity index is 1030. The van der Waals surface area contributed by atoms with Crippen LogP contribution in [0.3, 0.4) is 0 Å². The Labute approximate surface area is 200 Å². The van der Waals surface area contributed by atoms with Gasteiger partial charge in [0.2, 0.25) is 0 Å². The van der Waals surface area contributed by atoms with E-state index in [0.717, 1.165) is 20.5 Å². The fraction of sp³-hybridized carbons (Fsp3) is 0.458. The molecule has 3 aliphatic rings. The number of thioether (sulfide) groups is 1. The van der Waals surface area contributed by atoms with Gasteiger partial charge in [-0.2, -0.15) is 0 Å². The molecule has 2 aromatic carbocycles. The van der Waals surface area contributed by atoms with Gasteiger partial charge in [0.05, 0.1) is 7.11 Å². The van der Waals surface area contributed by atoms with Gasteiger partial charge < -0.3 is 24.6 Å². The van der Waals surface area contributed by atoms with Gasteiger partial charge in [0.1, 0.15) is 12.2 Å². The second-order valence-electron chi connectivity index (χ2n) is 8.59. The Morgan fingerprint density at radius 1 is 1.34 bits per heavy atom. The summed E-state index contributed by atoms with van der Waals surface area (Å²) in [4.78, 5) is 14.8. The lowest BCUT2D eigenvalue weighted by molar-refractivity contribution is -0.0257. The molecule has 1 fully saturated rings. The summed E-state index contributed by atoms with van der Waals surface area (Å²) in [5.41, 5.74) is 2.14. The van der Waals surface area contributed by atoms with Crippen LogP contribution in [0.2, 0.25) is 0 Å². The SMILES string of the molecule is CCN(C(=O)O)[C@@H]1Cc2c(Br)cc(OC)c3c2C2[C@H]1C[C@@H](Sc1ccccc1)[C@H](O)[C@@H]2O3. The molecule has 2 aliphatic carbocycles. The molecule has 2 aromatic rings. The third-order valence-corrected chi connectivity index (χ3v) is 9.13. The molecule has 0 spiro atoms. The summed E-state index contributed by atoms with van der Waals surface area (Å²) in [6.45, 7) is 2.30. The number of rotatable bonds is 5. The Morgan fingerprint density at radius 2 is 2.09 bits per heavy atom. The second-order valence-corrected chi connectivity index (χ2v) is 10.8. The van der Waals surface area contributed by atoms with E-state index in [0.29, 0.717) is 30.9 Å². The molecule has 1 heterocycles. The number of carbonyl (C=O) groups is 1. The van der Waals surface area contributed by atoms with E-state index in [2.05, 4.69) is 15.9 Å². The summed E-state index contributed by atoms with van der Waals surface area (Å²) < 4.78 is 12.9. The Morgan fingerprint density at radius 3 is 2.75 bits per heavy atom. The van der Waals surface area contributed by atoms with Crippen molar-refractivity contribution in [2.45, 2.75) is 54.1 Å². The van der Waals surface area contributed by atoms with E-state index in [-0.39, 0.29) is 23.1 Å². The number of hydrogen-bond donors (Lipinski definition) is 2. The molecule has 5 rings (SSSR count). The zero-order valence-corrected chi connectivity index (χ0v) is 20.3. The van der Waals surface area contributed by atoms with Crippen LogP contribution in [0.5, 0.6) is 11.5 Å². The highest BCUT2D eigenvalue weighted by atomic mass is 79.9. The number of benzene rings is 2. The minimum Gasteiger partial charge on any atom is -0.493 e. The van der Waals surface area contributed by atoms with Crippen molar-refractivity contribution in [1.82, 2.24) is 4.90 Å². The van der Waals surface area contributed by atoms with Gasteiger partial charge in [0.15, 0.2) is 11.5 Å². The third kappa shape index (κ3) is 3.38. The van der Waals surface area contributed by atoms with Crippen LogP contribution in [0, 0.1) is 5.92 Å². The van der Waals surface area contributed by atoms with Gasteiger partial charge in [-0.05, 0) is 49.4 Å². The van der Waals surface area contributed by atoms with Crippen molar-refractivity contribution in [1.29, 1.82) is 0 Å². The number of halogens is 1. The lowest BCUT2D eigenvalue weighted by Crippen LogP contribution is -2.57. The van der Waals surface area contributed by atoms with E-state index in [1.165, 1.54) is 0 Å². The monoisotopic (exact) mass is 519 g/mol. The van der Waals surface area contributed by atoms with Gasteiger partial charge in [-0.1, -0.05) is 34.1 Å². The molecule has 170 valence electrons. The summed E-state index contributed by atoms with van der Waals surface area (Å²) >= 11 is 5.33. The van der Waals surface area contributed by atoms with Crippen LogP contribution in [0.25, 0.3) is 0 Å². The summed E-state index contributed by atoms with van der Waals surface area (Å²) in [5, 5.41) is 21.3. The molecule has 8 heteroatoms. The van der Waals surface area contributed by atoms with Gasteiger partial charge in [0, 0.05) is 38.7 Å². The van der Waals surface area contributed by atoms with Gasteiger partial charge in [-0.15, -0.1) is 11.8 Å². The first-order chi connectivity index (χ1) is 15.4. The minimum atomic E-state index is -0.903. The smallest absolute Gasteiger partial charge is 0.407 e. The number of methoxy groups -OCH3 is 1. The minimum absolute atomic E-state index is 0.0495. The predicted molar refractivity (Wildman–Crippen MR) is 126 cm³/mol. The van der Waals surface area contributed by atoms with Crippen molar-refractivity contribution in [3.63, 3.8) is 0 Å². The first-order valence-corrected chi connectivity index (χ1v) is 12.6. The molecule has 0 saturated heterocycles. The Kier molecular flexibility index (Phi) is 5.80. The molecular weight excluding hydrogens is 494 g/mol. The van der Waals surface area contributed by atoms with Crippen molar-refractivity contribution in [3.8, 4) is 11.5 Å². The molecule has 6 atom stereocenters. The molecule has 1 amide bonds. The van der Waals surface area contributed by atoms with E-state index in [9.17, 15) is 15.0 Å². The largest absolute Gasteiger partial charge is 0.493 e. The van der Waals surface area contributed by atoms with Gasteiger partial charge in [-0.3, -0.25) is 0 Å². The zero-order chi connectivity index (χ0) is 22.6. The van der Waals surface area contributed by atoms with Crippen molar-refractivity contribution in [3.05, 3.63) is 52.0 Å². The first-order valence-electron chi connectivity index (χ1n) is 10.9. The lowest BCUT2D eigenvalue weighted by Gasteiger charge is -2.49. The van der Waals surface area contributed by atoms with Crippen LogP contribution < -0.4 is 9.47 Å². The maximum Gasteiger partial charge on any atom is 0.407 e. The lowest BCUT2D eigenvalue weighted by atomic mass is 9.64. The summed E-state index contributed by atoms with van der Waals surface area (Å²) in [5.74, 6) is 1.33. The normalized spacial score (nSPS) is 29.8. The summed E-state index contributed by atoms with van der Waals surface area (Å²) in [6.07, 6.45) is -0.679. The fourth-order valence-corrected chi connectivity index (χ4v) is 7.64. The molecular formula is C24H26BrNO5S. The average Bonchev–Trinajstić information content (AvgIpc) is 3.19. The van der Waals surface area contributed by atoms with Crippen LogP contribution in [0.15, 0.2) is 45.8 Å². The number of hydrogen-bond acceptors (Lipinski definition) is 5. The number of likely N-dealkylation sites (N-methyl/N-ethyl adjacent to an activating group) is 1. The predicted octanol–water partition coefficient (Wildman–Crippen LogP) is 4.77. The van der Waals surface area contributed by atoms with Gasteiger partial charge in [-0.25, -0.2) is 4.79 Å². The number of amides is 1. The third-order valence-electron chi connectivity index (χ3n) is 7.11. The van der Waals surface area contributed by atoms with E-state index in [4.69, 9.17) is 9.47 Å². The van der Waals surface area contributed by atoms with Crippen LogP contribution in [-0.2, 0) is 6.42 Å². The van der Waals surface area contributed by atoms with E-state index in [1.807, 2.05) is 43.3 Å². The second kappa shape index (κ2) is 8.47. The van der Waals surface area contributed by atoms with Gasteiger partial charge in [0.25, 0.3) is 0 Å². The van der Waals surface area contributed by atoms with Crippen LogP contribution in [-0.4, -0.2) is 58.4 Å². The Hall–Kier alpha value is -1.90. The Balaban J connectivity index is 1.60. The molecule has 6 nitrogen and oxygen atoms in total. The van der Waals surface area contributed by atoms with E-state index < -0.39 is 18.3 Å². The maximum atomic E-state index is 12.1. The maximum absolute atomic E-state index is 12.1. The number of aliphatic hydroxyl groups excluding tert-OH is 1. The van der Waals surface area contributed by atoms with E-state index >= 15 is 0 Å². The highest BCUT2D eigenvalue weighted by Crippen LogP contribution is 2.60. The van der Waals surface area contributed by atoms with Crippen LogP contribution in [0.1, 0.15) is 30.4 Å². The molecule has 0 aromatic heterocycles. The molecule has 0 radical (unpaired) electrons. The fourth-order valence-electron chi connectivity index (χ4n) is 5.78. The van der Waals surface area contributed by atoms with Crippen molar-refractivity contribution in [2.24, 2.45) is 5.92 Å². The van der Waals surface area contributed by atoms with E-state index in [1.54, 1.807) is 23.8 Å². The van der Waals surface area contributed by atoms with Crippen molar-refractivity contribution >= 4 is 33.8 Å². The highest BCUT2D eigenvalue weighted by molar-refractivity contribution is 9.10. The highest BCUT2D eigenvalue weighted by Gasteiger charge is 2.57. The molecule has 2 N–H and O–H groups in total. The summed E-state index contributed by atoms with van der Waals surface area (Å²) in [6, 6.07) is 11.8. The standard InChI is InChI=1S/C24H26BrNO5S/c1-3-26(24(28)29)16-9-13-15(25)11-17(30-2)22-19(13)20-14(16)10-18(21(27)23(20)31-22)32-12-7-5-4-6-8-12/h4-8,11,14,16,18,20-21,23,27H,3,9-10H2,1-2H3,(H,28,29)/t14-,16+,18+,20?,21-,23+/m0/s1. The summed E-state index contributed by atoms with van der Waals surface area (Å²) in [7, 11) is 1.62. The first kappa shape index (κ1) is 21.9. The average molecular weight is 520 g/mol. The van der Waals surface area contributed by atoms with Crippen molar-refractivity contribution < 1.29 is 24.5 Å². The van der Waals surface area contributed by atoms with Crippen molar-refractivity contribution in [2.75, 3.05) is 13.7 Å². The van der Waals surface area contributed by atoms with Crippen LogP contribution >= 0.6 is 27.7 Å². The topological polar surface area (TPSA) is 79.2 Å². The molecule has 1 unspecified atom stereocenters. The number of aliphatic hydroxyl groups is 1. The molecule has 1 aliphatic heterocycles. The number of ether oxygens (including phenoxy) is 2. The number of nitrogens with zero attached hydrogens (tertiary/aromatic N) is 1. The quantitative estimate of drug-likeness (QED) is 0.592. The number of carboxylic acid groups (broad SMARTS) is 1. The van der Waals surface area contributed by atoms with Gasteiger partial charge >= 0.3 is 6.09 Å².